The number of benzene rings is 4. The summed E-state index contributed by atoms with van der Waals surface area (Å²) in [7, 11) is 0. The molecule has 0 spiro atoms. The molecule has 0 aliphatic heterocycles. The van der Waals surface area contributed by atoms with Crippen molar-refractivity contribution in [1.29, 1.82) is 0 Å². The quantitative estimate of drug-likeness (QED) is 0.167. The molecule has 0 unspecified atom stereocenters. The van der Waals surface area contributed by atoms with Crippen LogP contribution < -0.4 is 0 Å². The molecule has 6 rings (SSSR count). The highest BCUT2D eigenvalue weighted by Gasteiger charge is 2.26. The molecule has 0 fully saturated rings. The van der Waals surface area contributed by atoms with Crippen molar-refractivity contribution in [3.63, 3.8) is 0 Å². The number of carbonyl (C=O) groups excluding carboxylic acids is 2. The van der Waals surface area contributed by atoms with Gasteiger partial charge in [0.25, 0.3) is 5.24 Å². The van der Waals surface area contributed by atoms with Crippen LogP contribution >= 0.6 is 11.6 Å². The first kappa shape index (κ1) is 24.7. The molecule has 0 saturated heterocycles. The highest BCUT2D eigenvalue weighted by molar-refractivity contribution is 6.69. The first-order chi connectivity index (χ1) is 18.9. The Morgan fingerprint density at radius 1 is 0.615 bits per heavy atom. The molecule has 0 bridgehead atoms. The van der Waals surface area contributed by atoms with Crippen LogP contribution in [0.3, 0.4) is 0 Å². The van der Waals surface area contributed by atoms with Crippen molar-refractivity contribution in [1.82, 2.24) is 9.97 Å². The van der Waals surface area contributed by atoms with Crippen molar-refractivity contribution < 1.29 is 9.59 Å². The van der Waals surface area contributed by atoms with Gasteiger partial charge in [0.05, 0.1) is 17.0 Å². The number of pyridine rings is 2. The number of aryl methyl sites for hydroxylation is 2. The number of fused-ring (bicyclic) bond motifs is 2. The average molecular weight is 527 g/mol. The molecule has 2 heterocycles. The molecule has 4 nitrogen and oxygen atoms in total. The smallest absolute Gasteiger partial charge is 0.253 e. The lowest BCUT2D eigenvalue weighted by Crippen LogP contribution is -2.10. The summed E-state index contributed by atoms with van der Waals surface area (Å²) < 4.78 is 0. The Balaban J connectivity index is 1.75. The van der Waals surface area contributed by atoms with Gasteiger partial charge in [-0.3, -0.25) is 19.6 Å². The van der Waals surface area contributed by atoms with Crippen LogP contribution in [0.1, 0.15) is 37.7 Å². The van der Waals surface area contributed by atoms with E-state index in [0.29, 0.717) is 27.8 Å². The number of nitrogens with zero attached hydrogens (tertiary/aromatic N) is 2. The minimum Gasteiger partial charge on any atom is -0.289 e. The van der Waals surface area contributed by atoms with Crippen molar-refractivity contribution >= 4 is 44.2 Å². The minimum atomic E-state index is -0.653. The molecule has 0 amide bonds. The Morgan fingerprint density at radius 3 is 1.97 bits per heavy atom. The Kier molecular flexibility index (Phi) is 6.26. The Labute approximate surface area is 230 Å². The van der Waals surface area contributed by atoms with Crippen LogP contribution in [0.25, 0.3) is 44.1 Å². The molecule has 6 aromatic rings. The molecular formula is C34H23ClN2O2. The van der Waals surface area contributed by atoms with Gasteiger partial charge in [-0.1, -0.05) is 72.8 Å². The SMILES string of the molecule is Cc1cccc(-c2c(C(=O)c3cccc4ccccc34)cc3c(-c4cccc(C)n4)cccc3c2C(=O)Cl)n1. The van der Waals surface area contributed by atoms with E-state index in [1.54, 1.807) is 0 Å². The van der Waals surface area contributed by atoms with Crippen LogP contribution in [0.5, 0.6) is 0 Å². The van der Waals surface area contributed by atoms with Crippen LogP contribution in [0.4, 0.5) is 0 Å². The number of ketones is 1. The molecule has 5 heteroatoms. The fraction of sp³-hybridized carbons (Fsp3) is 0.0588. The topological polar surface area (TPSA) is 59.9 Å². The van der Waals surface area contributed by atoms with Gasteiger partial charge in [-0.25, -0.2) is 0 Å². The lowest BCUT2D eigenvalue weighted by Gasteiger charge is -2.18. The van der Waals surface area contributed by atoms with Crippen molar-refractivity contribution in [3.05, 3.63) is 131 Å². The molecular weight excluding hydrogens is 504 g/mol. The summed E-state index contributed by atoms with van der Waals surface area (Å²) in [4.78, 5) is 37.1. The van der Waals surface area contributed by atoms with Crippen molar-refractivity contribution in [3.8, 4) is 22.5 Å². The summed E-state index contributed by atoms with van der Waals surface area (Å²) in [5.74, 6) is -0.210. The summed E-state index contributed by atoms with van der Waals surface area (Å²) >= 11 is 6.32. The Hall–Kier alpha value is -4.67. The molecule has 0 atom stereocenters. The van der Waals surface area contributed by atoms with E-state index >= 15 is 0 Å². The lowest BCUT2D eigenvalue weighted by atomic mass is 9.86. The maximum Gasteiger partial charge on any atom is 0.253 e. The third-order valence-electron chi connectivity index (χ3n) is 6.97. The number of carbonyl (C=O) groups is 2. The summed E-state index contributed by atoms with van der Waals surface area (Å²) in [5.41, 5.74) is 5.30. The fourth-order valence-electron chi connectivity index (χ4n) is 5.24. The standard InChI is InChI=1S/C34H23ClN2O2/c1-20-9-5-17-29(36-20)24-14-8-15-25-27(24)19-28(31(32(25)34(35)39)30-18-6-10-21(2)37-30)33(38)26-16-7-12-22-11-3-4-13-23(22)26/h3-19H,1-2H3. The zero-order valence-electron chi connectivity index (χ0n) is 21.4. The van der Waals surface area contributed by atoms with E-state index in [-0.39, 0.29) is 11.3 Å². The van der Waals surface area contributed by atoms with Crippen molar-refractivity contribution in [2.24, 2.45) is 0 Å². The average Bonchev–Trinajstić information content (AvgIpc) is 2.95. The van der Waals surface area contributed by atoms with Crippen LogP contribution in [0, 0.1) is 13.8 Å². The van der Waals surface area contributed by atoms with Gasteiger partial charge in [-0.05, 0) is 77.3 Å². The van der Waals surface area contributed by atoms with Gasteiger partial charge in [0, 0.05) is 33.6 Å². The largest absolute Gasteiger partial charge is 0.289 e. The number of aromatic nitrogens is 2. The van der Waals surface area contributed by atoms with E-state index in [2.05, 4.69) is 0 Å². The molecule has 0 aliphatic rings. The highest BCUT2D eigenvalue weighted by atomic mass is 35.5. The van der Waals surface area contributed by atoms with Gasteiger partial charge >= 0.3 is 0 Å². The van der Waals surface area contributed by atoms with E-state index in [4.69, 9.17) is 21.6 Å². The molecule has 0 radical (unpaired) electrons. The Bertz CT molecular complexity index is 1940. The van der Waals surface area contributed by atoms with E-state index < -0.39 is 5.24 Å². The van der Waals surface area contributed by atoms with Gasteiger partial charge in [-0.2, -0.15) is 0 Å². The second kappa shape index (κ2) is 9.90. The Morgan fingerprint density at radius 2 is 1.23 bits per heavy atom. The first-order valence-electron chi connectivity index (χ1n) is 12.6. The predicted molar refractivity (Wildman–Crippen MR) is 157 cm³/mol. The second-order valence-electron chi connectivity index (χ2n) is 9.53. The van der Waals surface area contributed by atoms with E-state index in [0.717, 1.165) is 38.8 Å². The van der Waals surface area contributed by atoms with Gasteiger partial charge in [0.1, 0.15) is 0 Å². The number of hydrogen-bond acceptors (Lipinski definition) is 4. The fourth-order valence-corrected chi connectivity index (χ4v) is 5.44. The highest BCUT2D eigenvalue weighted by Crippen LogP contribution is 2.39. The number of hydrogen-bond donors (Lipinski definition) is 0. The number of halogens is 1. The first-order valence-corrected chi connectivity index (χ1v) is 13.0. The maximum absolute atomic E-state index is 14.5. The molecule has 0 aliphatic carbocycles. The third kappa shape index (κ3) is 4.39. The van der Waals surface area contributed by atoms with Gasteiger partial charge < -0.3 is 0 Å². The summed E-state index contributed by atoms with van der Waals surface area (Å²) in [6.07, 6.45) is 0. The molecule has 0 saturated carbocycles. The van der Waals surface area contributed by atoms with E-state index in [9.17, 15) is 9.59 Å². The summed E-state index contributed by atoms with van der Waals surface area (Å²) in [5, 5.41) is 2.50. The van der Waals surface area contributed by atoms with E-state index in [1.807, 2.05) is 117 Å². The molecule has 39 heavy (non-hydrogen) atoms. The van der Waals surface area contributed by atoms with Crippen LogP contribution in [-0.2, 0) is 0 Å². The zero-order chi connectivity index (χ0) is 27.1. The van der Waals surface area contributed by atoms with Crippen molar-refractivity contribution in [2.75, 3.05) is 0 Å². The van der Waals surface area contributed by atoms with Gasteiger partial charge in [-0.15, -0.1) is 0 Å². The second-order valence-corrected chi connectivity index (χ2v) is 9.88. The minimum absolute atomic E-state index is 0.210. The zero-order valence-corrected chi connectivity index (χ0v) is 22.2. The molecule has 2 aromatic heterocycles. The van der Waals surface area contributed by atoms with Crippen molar-refractivity contribution in [2.45, 2.75) is 13.8 Å². The summed E-state index contributed by atoms with van der Waals surface area (Å²) in [6, 6.07) is 32.3. The lowest BCUT2D eigenvalue weighted by molar-refractivity contribution is 0.104. The predicted octanol–water partition coefficient (Wildman–Crippen LogP) is 8.34. The molecule has 0 N–H and O–H groups in total. The van der Waals surface area contributed by atoms with Crippen LogP contribution in [0.2, 0.25) is 0 Å². The molecule has 4 aromatic carbocycles. The number of rotatable bonds is 5. The van der Waals surface area contributed by atoms with Gasteiger partial charge in [0.2, 0.25) is 0 Å². The van der Waals surface area contributed by atoms with Crippen LogP contribution in [-0.4, -0.2) is 21.0 Å². The normalized spacial score (nSPS) is 11.2. The third-order valence-corrected chi connectivity index (χ3v) is 7.16. The van der Waals surface area contributed by atoms with Gasteiger partial charge in [0.15, 0.2) is 5.78 Å². The van der Waals surface area contributed by atoms with Crippen LogP contribution in [0.15, 0.2) is 103 Å². The molecule has 188 valence electrons. The maximum atomic E-state index is 14.5. The summed E-state index contributed by atoms with van der Waals surface area (Å²) in [6.45, 7) is 3.81. The van der Waals surface area contributed by atoms with E-state index in [1.165, 1.54) is 0 Å². The monoisotopic (exact) mass is 526 g/mol.